The number of carbonyl (C=O) groups is 1. The van der Waals surface area contributed by atoms with Crippen LogP contribution in [-0.4, -0.2) is 27.2 Å². The van der Waals surface area contributed by atoms with Crippen LogP contribution in [0, 0.1) is 5.92 Å². The second-order valence-corrected chi connectivity index (χ2v) is 8.38. The van der Waals surface area contributed by atoms with Gasteiger partial charge in [-0.3, -0.25) is 4.79 Å². The van der Waals surface area contributed by atoms with Crippen LogP contribution < -0.4 is 5.32 Å². The predicted octanol–water partition coefficient (Wildman–Crippen LogP) is 5.58. The van der Waals surface area contributed by atoms with Gasteiger partial charge in [0.2, 0.25) is 0 Å². The van der Waals surface area contributed by atoms with Crippen molar-refractivity contribution in [2.75, 3.05) is 6.54 Å². The molecule has 8 heteroatoms. The Labute approximate surface area is 185 Å². The molecule has 1 N–H and O–H groups in total. The molecule has 0 bridgehead atoms. The molecule has 1 amide bonds. The van der Waals surface area contributed by atoms with Crippen molar-refractivity contribution < 1.29 is 18.0 Å². The minimum atomic E-state index is -4.47. The van der Waals surface area contributed by atoms with Gasteiger partial charge in [-0.25, -0.2) is 9.67 Å². The molecule has 0 unspecified atom stereocenters. The van der Waals surface area contributed by atoms with E-state index in [0.29, 0.717) is 23.7 Å². The molecule has 0 aliphatic heterocycles. The van der Waals surface area contributed by atoms with Gasteiger partial charge in [0, 0.05) is 18.7 Å². The highest BCUT2D eigenvalue weighted by Crippen LogP contribution is 2.30. The fourth-order valence-corrected chi connectivity index (χ4v) is 3.69. The maximum atomic E-state index is 13.0. The summed E-state index contributed by atoms with van der Waals surface area (Å²) in [5.41, 5.74) is 1.29. The first-order valence-electron chi connectivity index (χ1n) is 10.5. The highest BCUT2D eigenvalue weighted by atomic mass is 19.4. The van der Waals surface area contributed by atoms with Crippen LogP contribution in [0.5, 0.6) is 0 Å². The maximum Gasteiger partial charge on any atom is 0.417 e. The van der Waals surface area contributed by atoms with Gasteiger partial charge in [-0.15, -0.1) is 0 Å². The average molecular weight is 445 g/mol. The Kier molecular flexibility index (Phi) is 7.01. The van der Waals surface area contributed by atoms with E-state index in [1.54, 1.807) is 0 Å². The smallest absolute Gasteiger partial charge is 0.351 e. The molecule has 1 atom stereocenters. The van der Waals surface area contributed by atoms with Crippen molar-refractivity contribution in [3.63, 3.8) is 0 Å². The Balaban J connectivity index is 1.84. The molecule has 0 saturated carbocycles. The number of amides is 1. The summed E-state index contributed by atoms with van der Waals surface area (Å²) in [6.45, 7) is 8.47. The molecule has 3 aromatic rings. The van der Waals surface area contributed by atoms with E-state index >= 15 is 0 Å². The van der Waals surface area contributed by atoms with E-state index in [-0.39, 0.29) is 23.6 Å². The van der Waals surface area contributed by atoms with Crippen molar-refractivity contribution in [2.45, 2.75) is 45.7 Å². The van der Waals surface area contributed by atoms with Crippen LogP contribution in [-0.2, 0) is 6.18 Å². The minimum absolute atomic E-state index is 0.0997. The Hall–Kier alpha value is -3.16. The van der Waals surface area contributed by atoms with Crippen LogP contribution >= 0.6 is 0 Å². The number of pyridine rings is 1. The summed E-state index contributed by atoms with van der Waals surface area (Å²) in [7, 11) is 0. The maximum absolute atomic E-state index is 13.0. The van der Waals surface area contributed by atoms with Crippen LogP contribution in [0.4, 0.5) is 13.2 Å². The monoisotopic (exact) mass is 444 g/mol. The van der Waals surface area contributed by atoms with Gasteiger partial charge in [-0.05, 0) is 29.5 Å². The lowest BCUT2D eigenvalue weighted by molar-refractivity contribution is -0.137. The van der Waals surface area contributed by atoms with E-state index in [1.165, 1.54) is 16.9 Å². The van der Waals surface area contributed by atoms with E-state index in [2.05, 4.69) is 29.2 Å². The number of nitrogens with zero attached hydrogens (tertiary/aromatic N) is 3. The lowest BCUT2D eigenvalue weighted by atomic mass is 9.88. The van der Waals surface area contributed by atoms with Gasteiger partial charge in [0.05, 0.1) is 23.0 Å². The van der Waals surface area contributed by atoms with Gasteiger partial charge in [-0.2, -0.15) is 18.3 Å². The molecule has 0 saturated heterocycles. The SMILES string of the molecule is CC(C)c1c(C(=O)NC[C@H](c2ccccc2)C(C)C)cnn1-c1ccc(C(F)(F)F)cn1. The third kappa shape index (κ3) is 5.18. The number of nitrogens with one attached hydrogen (secondary N) is 1. The van der Waals surface area contributed by atoms with Gasteiger partial charge < -0.3 is 5.32 Å². The van der Waals surface area contributed by atoms with Gasteiger partial charge in [0.25, 0.3) is 5.91 Å². The summed E-state index contributed by atoms with van der Waals surface area (Å²) in [4.78, 5) is 16.9. The Morgan fingerprint density at radius 2 is 1.72 bits per heavy atom. The molecular formula is C24H27F3N4O. The summed E-state index contributed by atoms with van der Waals surface area (Å²) < 4.78 is 40.0. The van der Waals surface area contributed by atoms with E-state index in [0.717, 1.165) is 17.8 Å². The molecular weight excluding hydrogens is 417 g/mol. The number of alkyl halides is 3. The fraction of sp³-hybridized carbons (Fsp3) is 0.375. The van der Waals surface area contributed by atoms with E-state index in [4.69, 9.17) is 0 Å². The van der Waals surface area contributed by atoms with Crippen LogP contribution in [0.25, 0.3) is 5.82 Å². The third-order valence-electron chi connectivity index (χ3n) is 5.41. The minimum Gasteiger partial charge on any atom is -0.351 e. The fourth-order valence-electron chi connectivity index (χ4n) is 3.69. The molecule has 0 aliphatic carbocycles. The summed E-state index contributed by atoms with van der Waals surface area (Å²) in [5.74, 6) is 0.325. The van der Waals surface area contributed by atoms with Crippen molar-refractivity contribution >= 4 is 5.91 Å². The van der Waals surface area contributed by atoms with Crippen LogP contribution in [0.3, 0.4) is 0 Å². The number of hydrogen-bond acceptors (Lipinski definition) is 3. The van der Waals surface area contributed by atoms with E-state index in [9.17, 15) is 18.0 Å². The number of aromatic nitrogens is 3. The zero-order chi connectivity index (χ0) is 23.5. The molecule has 2 heterocycles. The predicted molar refractivity (Wildman–Crippen MR) is 117 cm³/mol. The van der Waals surface area contributed by atoms with Crippen molar-refractivity contribution in [1.29, 1.82) is 0 Å². The topological polar surface area (TPSA) is 59.8 Å². The Bertz CT molecular complexity index is 1040. The van der Waals surface area contributed by atoms with E-state index in [1.807, 2.05) is 44.2 Å². The number of hydrogen-bond donors (Lipinski definition) is 1. The Morgan fingerprint density at radius 1 is 1.03 bits per heavy atom. The largest absolute Gasteiger partial charge is 0.417 e. The van der Waals surface area contributed by atoms with Gasteiger partial charge in [-0.1, -0.05) is 58.0 Å². The molecule has 1 aromatic carbocycles. The summed E-state index contributed by atoms with van der Waals surface area (Å²) >= 11 is 0. The first kappa shape index (κ1) is 23.5. The number of carbonyl (C=O) groups excluding carboxylic acids is 1. The number of halogens is 3. The second kappa shape index (κ2) is 9.54. The van der Waals surface area contributed by atoms with Crippen LogP contribution in [0.15, 0.2) is 54.9 Å². The van der Waals surface area contributed by atoms with Gasteiger partial charge >= 0.3 is 6.18 Å². The molecule has 3 rings (SSSR count). The second-order valence-electron chi connectivity index (χ2n) is 8.38. The van der Waals surface area contributed by atoms with Crippen molar-refractivity contribution in [3.8, 4) is 5.82 Å². The zero-order valence-corrected chi connectivity index (χ0v) is 18.5. The molecule has 170 valence electrons. The summed E-state index contributed by atoms with van der Waals surface area (Å²) in [6, 6.07) is 12.2. The first-order chi connectivity index (χ1) is 15.1. The zero-order valence-electron chi connectivity index (χ0n) is 18.5. The summed E-state index contributed by atoms with van der Waals surface area (Å²) in [5, 5.41) is 7.26. The quantitative estimate of drug-likeness (QED) is 0.518. The van der Waals surface area contributed by atoms with Gasteiger partial charge in [0.15, 0.2) is 5.82 Å². The van der Waals surface area contributed by atoms with Crippen LogP contribution in [0.2, 0.25) is 0 Å². The van der Waals surface area contributed by atoms with Crippen molar-refractivity contribution in [2.24, 2.45) is 5.92 Å². The standard InChI is InChI=1S/C24H27F3N4O/c1-15(2)19(17-8-6-5-7-9-17)13-29-23(32)20-14-30-31(22(20)16(3)4)21-11-10-18(12-28-21)24(25,26)27/h5-12,14-16,19H,13H2,1-4H3,(H,29,32)/t19-/m0/s1. The van der Waals surface area contributed by atoms with Gasteiger partial charge in [0.1, 0.15) is 0 Å². The lowest BCUT2D eigenvalue weighted by Crippen LogP contribution is -2.31. The highest BCUT2D eigenvalue weighted by Gasteiger charge is 2.31. The lowest BCUT2D eigenvalue weighted by Gasteiger charge is -2.22. The van der Waals surface area contributed by atoms with Crippen LogP contribution in [0.1, 0.15) is 66.7 Å². The molecule has 0 radical (unpaired) electrons. The molecule has 0 aliphatic rings. The molecule has 32 heavy (non-hydrogen) atoms. The molecule has 5 nitrogen and oxygen atoms in total. The first-order valence-corrected chi connectivity index (χ1v) is 10.5. The molecule has 0 fully saturated rings. The normalized spacial score (nSPS) is 12.9. The average Bonchev–Trinajstić information content (AvgIpc) is 3.19. The highest BCUT2D eigenvalue weighted by molar-refractivity contribution is 5.95. The molecule has 2 aromatic heterocycles. The Morgan fingerprint density at radius 3 is 2.25 bits per heavy atom. The number of benzene rings is 1. The summed E-state index contributed by atoms with van der Waals surface area (Å²) in [6.07, 6.45) is -2.25. The molecule has 0 spiro atoms. The van der Waals surface area contributed by atoms with E-state index < -0.39 is 11.7 Å². The third-order valence-corrected chi connectivity index (χ3v) is 5.41. The van der Waals surface area contributed by atoms with Crippen molar-refractivity contribution in [3.05, 3.63) is 77.2 Å². The number of rotatable bonds is 7. The van der Waals surface area contributed by atoms with Crippen molar-refractivity contribution in [1.82, 2.24) is 20.1 Å².